The van der Waals surface area contributed by atoms with Crippen LogP contribution in [-0.4, -0.2) is 63.3 Å². The van der Waals surface area contributed by atoms with Gasteiger partial charge in [0.1, 0.15) is 5.75 Å². The smallest absolute Gasteiger partial charge is 0.331 e. The Labute approximate surface area is 156 Å². The number of nitrogens with one attached hydrogen (secondary N) is 1. The molecule has 3 amide bonds. The number of methoxy groups -OCH3 is 3. The van der Waals surface area contributed by atoms with Gasteiger partial charge in [0.05, 0.1) is 21.3 Å². The van der Waals surface area contributed by atoms with Gasteiger partial charge in [-0.1, -0.05) is 0 Å². The summed E-state index contributed by atoms with van der Waals surface area (Å²) in [5, 5.41) is 2.51. The van der Waals surface area contributed by atoms with Gasteiger partial charge in [-0.15, -0.1) is 0 Å². The van der Waals surface area contributed by atoms with Crippen LogP contribution in [0, 0.1) is 0 Å². The van der Waals surface area contributed by atoms with E-state index < -0.39 is 24.0 Å². The molecule has 9 heteroatoms. The Balaban J connectivity index is 2.07. The lowest BCUT2D eigenvalue weighted by molar-refractivity contribution is -0.153. The topological polar surface area (TPSA) is 103 Å². The first-order valence-electron chi connectivity index (χ1n) is 8.19. The molecule has 146 valence electrons. The first kappa shape index (κ1) is 20.1. The van der Waals surface area contributed by atoms with E-state index in [0.717, 1.165) is 11.0 Å². The second-order valence-electron chi connectivity index (χ2n) is 5.58. The van der Waals surface area contributed by atoms with Crippen LogP contribution in [0.1, 0.15) is 12.5 Å². The third-order valence-electron chi connectivity index (χ3n) is 3.90. The Morgan fingerprint density at radius 3 is 2.30 bits per heavy atom. The van der Waals surface area contributed by atoms with Crippen LogP contribution in [0.4, 0.5) is 4.79 Å². The third kappa shape index (κ3) is 4.69. The molecule has 0 aromatic heterocycles. The fraction of sp³-hybridized carbons (Fsp3) is 0.389. The number of benzene rings is 1. The van der Waals surface area contributed by atoms with E-state index >= 15 is 0 Å². The second kappa shape index (κ2) is 8.93. The number of hydrogen-bond acceptors (Lipinski definition) is 7. The summed E-state index contributed by atoms with van der Waals surface area (Å²) in [6.45, 7) is 2.04. The molecule has 1 aromatic carbocycles. The van der Waals surface area contributed by atoms with Gasteiger partial charge in [-0.3, -0.25) is 9.69 Å². The molecule has 1 aliphatic rings. The molecule has 0 aliphatic carbocycles. The van der Waals surface area contributed by atoms with E-state index in [0.29, 0.717) is 29.4 Å². The maximum Gasteiger partial charge on any atom is 0.331 e. The van der Waals surface area contributed by atoms with E-state index in [9.17, 15) is 14.4 Å². The average molecular weight is 378 g/mol. The Morgan fingerprint density at radius 1 is 1.11 bits per heavy atom. The van der Waals surface area contributed by atoms with Gasteiger partial charge in [0, 0.05) is 30.8 Å². The molecule has 27 heavy (non-hydrogen) atoms. The minimum absolute atomic E-state index is 0.248. The molecule has 0 spiro atoms. The van der Waals surface area contributed by atoms with Crippen molar-refractivity contribution < 1.29 is 33.3 Å². The largest absolute Gasteiger partial charge is 0.496 e. The van der Waals surface area contributed by atoms with Gasteiger partial charge in [-0.25, -0.2) is 9.59 Å². The zero-order valence-corrected chi connectivity index (χ0v) is 15.6. The molecule has 1 aromatic rings. The molecule has 1 N–H and O–H groups in total. The van der Waals surface area contributed by atoms with Crippen molar-refractivity contribution in [2.75, 3.05) is 34.4 Å². The van der Waals surface area contributed by atoms with Gasteiger partial charge in [0.25, 0.3) is 5.91 Å². The van der Waals surface area contributed by atoms with E-state index in [4.69, 9.17) is 18.9 Å². The standard InChI is InChI=1S/C18H22N2O7/c1-11(17(22)20-8-7-19-18(20)23)27-16(21)6-5-12-9-14(25-3)15(26-4)10-13(12)24-2/h5-6,9-11H,7-8H2,1-4H3,(H,19,23)/b6-5+. The summed E-state index contributed by atoms with van der Waals surface area (Å²) in [6, 6.07) is 2.78. The van der Waals surface area contributed by atoms with Gasteiger partial charge in [-0.2, -0.15) is 0 Å². The van der Waals surface area contributed by atoms with Crippen LogP contribution in [-0.2, 0) is 14.3 Å². The molecule has 1 atom stereocenters. The fourth-order valence-electron chi connectivity index (χ4n) is 2.51. The van der Waals surface area contributed by atoms with E-state index in [1.165, 1.54) is 34.3 Å². The lowest BCUT2D eigenvalue weighted by atomic mass is 10.1. The summed E-state index contributed by atoms with van der Waals surface area (Å²) in [4.78, 5) is 36.7. The molecule has 1 saturated heterocycles. The van der Waals surface area contributed by atoms with Crippen LogP contribution < -0.4 is 19.5 Å². The third-order valence-corrected chi connectivity index (χ3v) is 3.90. The number of imide groups is 1. The van der Waals surface area contributed by atoms with E-state index in [-0.39, 0.29) is 6.54 Å². The molecule has 1 fully saturated rings. The predicted molar refractivity (Wildman–Crippen MR) is 95.8 cm³/mol. The molecular weight excluding hydrogens is 356 g/mol. The molecule has 1 heterocycles. The van der Waals surface area contributed by atoms with E-state index in [1.54, 1.807) is 12.1 Å². The number of ether oxygens (including phenoxy) is 4. The summed E-state index contributed by atoms with van der Waals surface area (Å²) in [7, 11) is 4.48. The van der Waals surface area contributed by atoms with Crippen LogP contribution >= 0.6 is 0 Å². The van der Waals surface area contributed by atoms with Gasteiger partial charge in [0.2, 0.25) is 0 Å². The first-order valence-corrected chi connectivity index (χ1v) is 8.19. The minimum Gasteiger partial charge on any atom is -0.496 e. The van der Waals surface area contributed by atoms with Gasteiger partial charge in [0.15, 0.2) is 17.6 Å². The van der Waals surface area contributed by atoms with Crippen molar-refractivity contribution >= 4 is 24.0 Å². The van der Waals surface area contributed by atoms with Gasteiger partial charge < -0.3 is 24.3 Å². The van der Waals surface area contributed by atoms with Crippen LogP contribution in [0.15, 0.2) is 18.2 Å². The van der Waals surface area contributed by atoms with Crippen molar-refractivity contribution in [1.29, 1.82) is 0 Å². The van der Waals surface area contributed by atoms with Crippen molar-refractivity contribution in [1.82, 2.24) is 10.2 Å². The van der Waals surface area contributed by atoms with Crippen molar-refractivity contribution in [3.05, 3.63) is 23.8 Å². The Bertz CT molecular complexity index is 760. The number of hydrogen-bond donors (Lipinski definition) is 1. The number of rotatable bonds is 7. The molecule has 9 nitrogen and oxygen atoms in total. The maximum atomic E-state index is 12.1. The van der Waals surface area contributed by atoms with Crippen molar-refractivity contribution in [3.63, 3.8) is 0 Å². The SMILES string of the molecule is COc1cc(OC)c(OC)cc1/C=C/C(=O)OC(C)C(=O)N1CCNC1=O. The zero-order valence-electron chi connectivity index (χ0n) is 15.6. The highest BCUT2D eigenvalue weighted by molar-refractivity contribution is 5.99. The number of urea groups is 1. The highest BCUT2D eigenvalue weighted by Gasteiger charge is 2.31. The van der Waals surface area contributed by atoms with Crippen LogP contribution in [0.3, 0.4) is 0 Å². The highest BCUT2D eigenvalue weighted by Crippen LogP contribution is 2.35. The lowest BCUT2D eigenvalue weighted by Gasteiger charge is -2.17. The summed E-state index contributed by atoms with van der Waals surface area (Å²) in [5.74, 6) is 0.115. The number of carbonyl (C=O) groups excluding carboxylic acids is 3. The molecule has 2 rings (SSSR count). The van der Waals surface area contributed by atoms with Crippen LogP contribution in [0.25, 0.3) is 6.08 Å². The molecule has 0 bridgehead atoms. The summed E-state index contributed by atoms with van der Waals surface area (Å²) >= 11 is 0. The van der Waals surface area contributed by atoms with Crippen molar-refractivity contribution in [2.45, 2.75) is 13.0 Å². The highest BCUT2D eigenvalue weighted by atomic mass is 16.5. The normalized spacial score (nSPS) is 14.7. The van der Waals surface area contributed by atoms with Gasteiger partial charge in [-0.05, 0) is 19.1 Å². The second-order valence-corrected chi connectivity index (χ2v) is 5.58. The Hall–Kier alpha value is -3.23. The minimum atomic E-state index is -1.08. The summed E-state index contributed by atoms with van der Waals surface area (Å²) in [6.07, 6.45) is 1.55. The van der Waals surface area contributed by atoms with Crippen molar-refractivity contribution in [2.24, 2.45) is 0 Å². The lowest BCUT2D eigenvalue weighted by Crippen LogP contribution is -2.41. The quantitative estimate of drug-likeness (QED) is 0.562. The van der Waals surface area contributed by atoms with Crippen molar-refractivity contribution in [3.8, 4) is 17.2 Å². The number of esters is 1. The summed E-state index contributed by atoms with van der Waals surface area (Å²) in [5.41, 5.74) is 0.560. The summed E-state index contributed by atoms with van der Waals surface area (Å²) < 4.78 is 20.8. The number of carbonyl (C=O) groups is 3. The predicted octanol–water partition coefficient (Wildman–Crippen LogP) is 1.21. The number of amides is 3. The molecule has 1 aliphatic heterocycles. The average Bonchev–Trinajstić information content (AvgIpc) is 3.10. The molecular formula is C18H22N2O7. The number of nitrogens with zero attached hydrogens (tertiary/aromatic N) is 1. The van der Waals surface area contributed by atoms with Crippen LogP contribution in [0.2, 0.25) is 0 Å². The maximum absolute atomic E-state index is 12.1. The zero-order chi connectivity index (χ0) is 20.0. The monoisotopic (exact) mass is 378 g/mol. The Morgan fingerprint density at radius 2 is 1.74 bits per heavy atom. The van der Waals surface area contributed by atoms with E-state index in [2.05, 4.69) is 5.32 Å². The molecule has 0 radical (unpaired) electrons. The molecule has 1 unspecified atom stereocenters. The Kier molecular flexibility index (Phi) is 6.64. The van der Waals surface area contributed by atoms with E-state index in [1.807, 2.05) is 0 Å². The fourth-order valence-corrected chi connectivity index (χ4v) is 2.51. The van der Waals surface area contributed by atoms with Crippen LogP contribution in [0.5, 0.6) is 17.2 Å². The first-order chi connectivity index (χ1) is 12.9. The molecule has 0 saturated carbocycles. The van der Waals surface area contributed by atoms with Gasteiger partial charge >= 0.3 is 12.0 Å².